The fraction of sp³-hybridized carbons (Fsp3) is 0.455. The van der Waals surface area contributed by atoms with E-state index in [1.54, 1.807) is 26.0 Å². The number of allylic oxidation sites excluding steroid dienone is 4. The van der Waals surface area contributed by atoms with Crippen molar-refractivity contribution in [3.63, 3.8) is 0 Å². The molecule has 17 heavy (non-hydrogen) atoms. The van der Waals surface area contributed by atoms with Crippen LogP contribution in [0.1, 0.15) is 13.8 Å². The number of rotatable bonds is 0. The molecule has 2 rings (SSSR count). The van der Waals surface area contributed by atoms with Gasteiger partial charge in [0.1, 0.15) is 0 Å². The Morgan fingerprint density at radius 2 is 1.18 bits per heavy atom. The van der Waals surface area contributed by atoms with Crippen LogP contribution in [0.2, 0.25) is 0 Å². The standard InChI is InChI=1S/C11H10F4O2/c1-9(2)5-3-7-8(4-6-9)17-11(14,15)10(12,13)16-7/h3-6H,1-2H3. The second-order valence-electron chi connectivity index (χ2n) is 4.45. The second kappa shape index (κ2) is 3.27. The van der Waals surface area contributed by atoms with Crippen LogP contribution in [-0.2, 0) is 9.47 Å². The zero-order valence-corrected chi connectivity index (χ0v) is 9.14. The Morgan fingerprint density at radius 1 is 0.824 bits per heavy atom. The second-order valence-corrected chi connectivity index (χ2v) is 4.45. The van der Waals surface area contributed by atoms with Gasteiger partial charge in [-0.2, -0.15) is 17.6 Å². The van der Waals surface area contributed by atoms with E-state index in [9.17, 15) is 17.6 Å². The molecule has 1 heterocycles. The molecule has 0 spiro atoms. The van der Waals surface area contributed by atoms with E-state index in [1.165, 1.54) is 12.2 Å². The topological polar surface area (TPSA) is 18.5 Å². The van der Waals surface area contributed by atoms with Crippen molar-refractivity contribution in [2.24, 2.45) is 5.41 Å². The molecule has 0 radical (unpaired) electrons. The first-order valence-electron chi connectivity index (χ1n) is 4.89. The van der Waals surface area contributed by atoms with Gasteiger partial charge in [0.05, 0.1) is 0 Å². The van der Waals surface area contributed by atoms with E-state index in [0.29, 0.717) is 0 Å². The fourth-order valence-corrected chi connectivity index (χ4v) is 1.36. The molecular formula is C11H10F4O2. The smallest absolute Gasteiger partial charge is 0.421 e. The summed E-state index contributed by atoms with van der Waals surface area (Å²) >= 11 is 0. The van der Waals surface area contributed by atoms with E-state index in [-0.39, 0.29) is 0 Å². The maximum Gasteiger partial charge on any atom is 0.507 e. The average Bonchev–Trinajstić information content (AvgIpc) is 2.28. The molecule has 0 saturated carbocycles. The van der Waals surface area contributed by atoms with Crippen LogP contribution < -0.4 is 0 Å². The summed E-state index contributed by atoms with van der Waals surface area (Å²) in [5.74, 6) is -0.800. The van der Waals surface area contributed by atoms with Gasteiger partial charge in [-0.3, -0.25) is 0 Å². The highest BCUT2D eigenvalue weighted by Gasteiger charge is 2.66. The molecule has 0 aromatic heterocycles. The van der Waals surface area contributed by atoms with Crippen LogP contribution >= 0.6 is 0 Å². The van der Waals surface area contributed by atoms with Gasteiger partial charge in [-0.25, -0.2) is 0 Å². The Balaban J connectivity index is 2.41. The molecule has 0 aromatic rings. The lowest BCUT2D eigenvalue weighted by Crippen LogP contribution is -2.47. The molecule has 94 valence electrons. The molecule has 0 N–H and O–H groups in total. The lowest BCUT2D eigenvalue weighted by atomic mass is 9.93. The van der Waals surface area contributed by atoms with Crippen molar-refractivity contribution in [1.82, 2.24) is 0 Å². The van der Waals surface area contributed by atoms with E-state index in [4.69, 9.17) is 0 Å². The SMILES string of the molecule is CC1(C)C=CC2=C(C=C1)OC(F)(F)C(F)(F)O2. The molecular weight excluding hydrogens is 240 g/mol. The Labute approximate surface area is 95.2 Å². The number of ether oxygens (including phenoxy) is 2. The molecule has 0 atom stereocenters. The average molecular weight is 250 g/mol. The van der Waals surface area contributed by atoms with Gasteiger partial charge < -0.3 is 9.47 Å². The quantitative estimate of drug-likeness (QED) is 0.612. The lowest BCUT2D eigenvalue weighted by molar-refractivity contribution is -0.424. The third-order valence-electron chi connectivity index (χ3n) is 2.39. The summed E-state index contributed by atoms with van der Waals surface area (Å²) in [6.45, 7) is 3.57. The van der Waals surface area contributed by atoms with Crippen molar-refractivity contribution in [2.45, 2.75) is 26.1 Å². The molecule has 0 saturated heterocycles. The number of hydrogen-bond donors (Lipinski definition) is 0. The molecule has 2 aliphatic rings. The third kappa shape index (κ3) is 2.03. The highest BCUT2D eigenvalue weighted by atomic mass is 19.3. The fourth-order valence-electron chi connectivity index (χ4n) is 1.36. The maximum absolute atomic E-state index is 12.9. The van der Waals surface area contributed by atoms with Crippen LogP contribution in [0.15, 0.2) is 35.8 Å². The molecule has 0 amide bonds. The van der Waals surface area contributed by atoms with E-state index in [2.05, 4.69) is 9.47 Å². The van der Waals surface area contributed by atoms with Crippen LogP contribution in [0, 0.1) is 5.41 Å². The number of hydrogen-bond acceptors (Lipinski definition) is 2. The van der Waals surface area contributed by atoms with Crippen molar-refractivity contribution in [3.05, 3.63) is 35.8 Å². The van der Waals surface area contributed by atoms with E-state index >= 15 is 0 Å². The summed E-state index contributed by atoms with van der Waals surface area (Å²) in [6, 6.07) is 0. The maximum atomic E-state index is 12.9. The first kappa shape index (κ1) is 12.0. The van der Waals surface area contributed by atoms with Gasteiger partial charge in [-0.05, 0) is 12.2 Å². The van der Waals surface area contributed by atoms with Gasteiger partial charge in [0.25, 0.3) is 0 Å². The Bertz CT molecular complexity index is 395. The van der Waals surface area contributed by atoms with Gasteiger partial charge in [-0.1, -0.05) is 26.0 Å². The lowest BCUT2D eigenvalue weighted by Gasteiger charge is -2.31. The molecule has 0 bridgehead atoms. The monoisotopic (exact) mass is 250 g/mol. The van der Waals surface area contributed by atoms with Crippen LogP contribution in [0.4, 0.5) is 17.6 Å². The Kier molecular flexibility index (Phi) is 2.31. The highest BCUT2D eigenvalue weighted by Crippen LogP contribution is 2.45. The minimum atomic E-state index is -4.67. The third-order valence-corrected chi connectivity index (χ3v) is 2.39. The van der Waals surface area contributed by atoms with Crippen molar-refractivity contribution in [3.8, 4) is 0 Å². The van der Waals surface area contributed by atoms with Gasteiger partial charge in [0.15, 0.2) is 11.5 Å². The van der Waals surface area contributed by atoms with Crippen LogP contribution in [0.25, 0.3) is 0 Å². The number of halogens is 4. The largest absolute Gasteiger partial charge is 0.507 e. The van der Waals surface area contributed by atoms with Crippen molar-refractivity contribution >= 4 is 0 Å². The normalized spacial score (nSPS) is 27.9. The molecule has 0 unspecified atom stereocenters. The van der Waals surface area contributed by atoms with Crippen molar-refractivity contribution in [2.75, 3.05) is 0 Å². The molecule has 0 fully saturated rings. The zero-order valence-electron chi connectivity index (χ0n) is 9.14. The number of alkyl halides is 4. The minimum Gasteiger partial charge on any atom is -0.421 e. The van der Waals surface area contributed by atoms with E-state index in [1.807, 2.05) is 0 Å². The van der Waals surface area contributed by atoms with Gasteiger partial charge >= 0.3 is 12.2 Å². The predicted octanol–water partition coefficient (Wildman–Crippen LogP) is 3.58. The summed E-state index contributed by atoms with van der Waals surface area (Å²) < 4.78 is 59.6. The molecule has 0 aromatic carbocycles. The Morgan fingerprint density at radius 3 is 1.53 bits per heavy atom. The van der Waals surface area contributed by atoms with Crippen LogP contribution in [-0.4, -0.2) is 12.2 Å². The molecule has 1 aliphatic heterocycles. The molecule has 1 aliphatic carbocycles. The summed E-state index contributed by atoms with van der Waals surface area (Å²) in [5.41, 5.74) is -0.450. The van der Waals surface area contributed by atoms with Gasteiger partial charge in [-0.15, -0.1) is 0 Å². The summed E-state index contributed by atoms with van der Waals surface area (Å²) in [4.78, 5) is 0. The van der Waals surface area contributed by atoms with E-state index < -0.39 is 29.2 Å². The van der Waals surface area contributed by atoms with Crippen molar-refractivity contribution in [1.29, 1.82) is 0 Å². The van der Waals surface area contributed by atoms with E-state index in [0.717, 1.165) is 0 Å². The predicted molar refractivity (Wildman–Crippen MR) is 51.2 cm³/mol. The highest BCUT2D eigenvalue weighted by molar-refractivity contribution is 5.33. The zero-order chi connectivity index (χ0) is 12.9. The molecule has 6 heteroatoms. The summed E-state index contributed by atoms with van der Waals surface area (Å²) in [6.07, 6.45) is -3.79. The summed E-state index contributed by atoms with van der Waals surface area (Å²) in [7, 11) is 0. The molecule has 2 nitrogen and oxygen atoms in total. The first-order chi connectivity index (χ1) is 7.63. The van der Waals surface area contributed by atoms with Gasteiger partial charge in [0.2, 0.25) is 0 Å². The minimum absolute atomic E-state index is 0.400. The van der Waals surface area contributed by atoms with Gasteiger partial charge in [0, 0.05) is 5.41 Å². The Hall–Kier alpha value is -1.46. The first-order valence-corrected chi connectivity index (χ1v) is 4.89. The van der Waals surface area contributed by atoms with Crippen molar-refractivity contribution < 1.29 is 27.0 Å². The van der Waals surface area contributed by atoms with Crippen LogP contribution in [0.3, 0.4) is 0 Å². The van der Waals surface area contributed by atoms with Crippen LogP contribution in [0.5, 0.6) is 0 Å². The summed E-state index contributed by atoms with van der Waals surface area (Å²) in [5, 5.41) is 0.